The Bertz CT molecular complexity index is 686. The number of likely N-dealkylation sites (tertiary alicyclic amines) is 1. The molecule has 23 heavy (non-hydrogen) atoms. The maximum Gasteiger partial charge on any atom is 0.270 e. The summed E-state index contributed by atoms with van der Waals surface area (Å²) in [5.74, 6) is 0.657. The van der Waals surface area contributed by atoms with Crippen molar-refractivity contribution in [3.05, 3.63) is 35.3 Å². The number of nitrogens with zero attached hydrogens (tertiary/aromatic N) is 2. The molecule has 0 radical (unpaired) electrons. The fraction of sp³-hybridized carbons (Fsp3) is 0.412. The third kappa shape index (κ3) is 3.54. The Hall–Kier alpha value is -1.92. The minimum Gasteiger partial charge on any atom is -0.496 e. The Kier molecular flexibility index (Phi) is 4.93. The van der Waals surface area contributed by atoms with E-state index in [2.05, 4.69) is 22.2 Å². The van der Waals surface area contributed by atoms with Crippen molar-refractivity contribution >= 4 is 17.2 Å². The third-order valence-electron chi connectivity index (χ3n) is 4.24. The number of ether oxygens (including phenoxy) is 1. The Morgan fingerprint density at radius 1 is 1.48 bits per heavy atom. The van der Waals surface area contributed by atoms with Crippen LogP contribution in [0.15, 0.2) is 29.6 Å². The molecule has 1 saturated heterocycles. The number of thiazole rings is 1. The normalized spacial score (nSPS) is 18.1. The second-order valence-electron chi connectivity index (χ2n) is 5.72. The number of benzene rings is 1. The summed E-state index contributed by atoms with van der Waals surface area (Å²) in [5.41, 5.74) is 1.38. The summed E-state index contributed by atoms with van der Waals surface area (Å²) in [6, 6.07) is 8.14. The van der Waals surface area contributed by atoms with Crippen molar-refractivity contribution in [3.8, 4) is 16.3 Å². The van der Waals surface area contributed by atoms with Gasteiger partial charge in [0.05, 0.1) is 12.7 Å². The van der Waals surface area contributed by atoms with Gasteiger partial charge in [-0.2, -0.15) is 0 Å². The molecule has 1 amide bonds. The smallest absolute Gasteiger partial charge is 0.270 e. The maximum absolute atomic E-state index is 12.3. The molecule has 1 fully saturated rings. The predicted octanol–water partition coefficient (Wildman–Crippen LogP) is 2.64. The van der Waals surface area contributed by atoms with Crippen molar-refractivity contribution < 1.29 is 9.53 Å². The molecule has 1 aliphatic rings. The van der Waals surface area contributed by atoms with Gasteiger partial charge in [0.15, 0.2) is 0 Å². The lowest BCUT2D eigenvalue weighted by atomic mass is 10.2. The summed E-state index contributed by atoms with van der Waals surface area (Å²) in [4.78, 5) is 19.0. The SMILES string of the molecule is COc1ccccc1-c1nc(C(=O)NC[C@@H]2CCCN2C)cs1. The van der Waals surface area contributed by atoms with Crippen LogP contribution in [0.1, 0.15) is 23.3 Å². The molecule has 2 aromatic rings. The van der Waals surface area contributed by atoms with Crippen molar-refractivity contribution in [2.75, 3.05) is 27.2 Å². The van der Waals surface area contributed by atoms with Gasteiger partial charge in [-0.15, -0.1) is 11.3 Å². The quantitative estimate of drug-likeness (QED) is 0.915. The summed E-state index contributed by atoms with van der Waals surface area (Å²) in [6.45, 7) is 1.78. The number of nitrogens with one attached hydrogen (secondary N) is 1. The van der Waals surface area contributed by atoms with E-state index in [0.717, 1.165) is 29.3 Å². The molecule has 0 bridgehead atoms. The number of rotatable bonds is 5. The van der Waals surface area contributed by atoms with Crippen molar-refractivity contribution in [2.45, 2.75) is 18.9 Å². The standard InChI is InChI=1S/C17H21N3O2S/c1-20-9-5-6-12(20)10-18-16(21)14-11-23-17(19-14)13-7-3-4-8-15(13)22-2/h3-4,7-8,11-12H,5-6,9-10H2,1-2H3,(H,18,21)/t12-/m0/s1. The van der Waals surface area contributed by atoms with E-state index in [1.54, 1.807) is 12.5 Å². The Morgan fingerprint density at radius 3 is 3.04 bits per heavy atom. The first kappa shape index (κ1) is 16.0. The molecule has 0 unspecified atom stereocenters. The molecule has 0 aliphatic carbocycles. The number of hydrogen-bond donors (Lipinski definition) is 1. The van der Waals surface area contributed by atoms with Gasteiger partial charge in [-0.3, -0.25) is 4.79 Å². The number of carbonyl (C=O) groups is 1. The molecule has 6 heteroatoms. The Labute approximate surface area is 140 Å². The molecule has 1 aromatic heterocycles. The number of methoxy groups -OCH3 is 1. The zero-order valence-corrected chi connectivity index (χ0v) is 14.2. The number of para-hydroxylation sites is 1. The average Bonchev–Trinajstić information content (AvgIpc) is 3.22. The van der Waals surface area contributed by atoms with Gasteiger partial charge in [-0.25, -0.2) is 4.98 Å². The first-order valence-electron chi connectivity index (χ1n) is 7.76. The highest BCUT2D eigenvalue weighted by atomic mass is 32.1. The van der Waals surface area contributed by atoms with Crippen LogP contribution in [0, 0.1) is 0 Å². The summed E-state index contributed by atoms with van der Waals surface area (Å²) in [6.07, 6.45) is 2.34. The average molecular weight is 331 g/mol. The maximum atomic E-state index is 12.3. The number of aromatic nitrogens is 1. The molecule has 3 rings (SSSR count). The lowest BCUT2D eigenvalue weighted by Crippen LogP contribution is -2.38. The predicted molar refractivity (Wildman–Crippen MR) is 92.1 cm³/mol. The number of likely N-dealkylation sites (N-methyl/N-ethyl adjacent to an activating group) is 1. The van der Waals surface area contributed by atoms with E-state index in [1.165, 1.54) is 17.8 Å². The summed E-state index contributed by atoms with van der Waals surface area (Å²) < 4.78 is 5.36. The van der Waals surface area contributed by atoms with Gasteiger partial charge in [0.2, 0.25) is 0 Å². The first-order valence-corrected chi connectivity index (χ1v) is 8.64. The largest absolute Gasteiger partial charge is 0.496 e. The fourth-order valence-electron chi connectivity index (χ4n) is 2.86. The van der Waals surface area contributed by atoms with Gasteiger partial charge in [0.25, 0.3) is 5.91 Å². The van der Waals surface area contributed by atoms with Crippen molar-refractivity contribution in [1.82, 2.24) is 15.2 Å². The van der Waals surface area contributed by atoms with E-state index < -0.39 is 0 Å². The van der Waals surface area contributed by atoms with Crippen LogP contribution in [0.5, 0.6) is 5.75 Å². The fourth-order valence-corrected chi connectivity index (χ4v) is 3.69. The topological polar surface area (TPSA) is 54.5 Å². The monoisotopic (exact) mass is 331 g/mol. The van der Waals surface area contributed by atoms with E-state index >= 15 is 0 Å². The van der Waals surface area contributed by atoms with E-state index in [4.69, 9.17) is 4.74 Å². The molecular formula is C17H21N3O2S. The van der Waals surface area contributed by atoms with Crippen LogP contribution < -0.4 is 10.1 Å². The number of hydrogen-bond acceptors (Lipinski definition) is 5. The van der Waals surface area contributed by atoms with E-state index in [9.17, 15) is 4.79 Å². The van der Waals surface area contributed by atoms with Crippen molar-refractivity contribution in [2.24, 2.45) is 0 Å². The molecule has 1 N–H and O–H groups in total. The van der Waals surface area contributed by atoms with Crippen molar-refractivity contribution in [1.29, 1.82) is 0 Å². The van der Waals surface area contributed by atoms with Gasteiger partial charge in [-0.1, -0.05) is 12.1 Å². The van der Waals surface area contributed by atoms with E-state index in [1.807, 2.05) is 24.3 Å². The highest BCUT2D eigenvalue weighted by Crippen LogP contribution is 2.31. The highest BCUT2D eigenvalue weighted by Gasteiger charge is 2.22. The molecule has 5 nitrogen and oxygen atoms in total. The molecule has 122 valence electrons. The highest BCUT2D eigenvalue weighted by molar-refractivity contribution is 7.13. The zero-order valence-electron chi connectivity index (χ0n) is 13.4. The van der Waals surface area contributed by atoms with Crippen LogP contribution in [0.25, 0.3) is 10.6 Å². The van der Waals surface area contributed by atoms with E-state index in [-0.39, 0.29) is 5.91 Å². The van der Waals surface area contributed by atoms with Crippen LogP contribution in [-0.2, 0) is 0 Å². The summed E-state index contributed by atoms with van der Waals surface area (Å²) in [5, 5.41) is 5.59. The Balaban J connectivity index is 1.67. The van der Waals surface area contributed by atoms with Crippen LogP contribution in [-0.4, -0.2) is 49.1 Å². The summed E-state index contributed by atoms with van der Waals surface area (Å²) >= 11 is 1.46. The summed E-state index contributed by atoms with van der Waals surface area (Å²) in [7, 11) is 3.74. The van der Waals surface area contributed by atoms with Gasteiger partial charge >= 0.3 is 0 Å². The molecule has 0 spiro atoms. The van der Waals surface area contributed by atoms with Crippen LogP contribution in [0.3, 0.4) is 0 Å². The van der Waals surface area contributed by atoms with Crippen molar-refractivity contribution in [3.63, 3.8) is 0 Å². The minimum absolute atomic E-state index is 0.109. The second kappa shape index (κ2) is 7.10. The van der Waals surface area contributed by atoms with Crippen LogP contribution in [0.2, 0.25) is 0 Å². The molecular weight excluding hydrogens is 310 g/mol. The van der Waals surface area contributed by atoms with E-state index in [0.29, 0.717) is 18.3 Å². The van der Waals surface area contributed by atoms with Crippen LogP contribution >= 0.6 is 11.3 Å². The zero-order chi connectivity index (χ0) is 16.2. The molecule has 0 saturated carbocycles. The molecule has 2 heterocycles. The number of carbonyl (C=O) groups excluding carboxylic acids is 1. The molecule has 1 atom stereocenters. The van der Waals surface area contributed by atoms with Gasteiger partial charge in [0, 0.05) is 18.0 Å². The second-order valence-corrected chi connectivity index (χ2v) is 6.58. The van der Waals surface area contributed by atoms with Crippen LogP contribution in [0.4, 0.5) is 0 Å². The lowest BCUT2D eigenvalue weighted by molar-refractivity contribution is 0.0939. The van der Waals surface area contributed by atoms with Gasteiger partial charge in [-0.05, 0) is 38.6 Å². The molecule has 1 aliphatic heterocycles. The first-order chi connectivity index (χ1) is 11.2. The Morgan fingerprint density at radius 2 is 2.30 bits per heavy atom. The van der Waals surface area contributed by atoms with Gasteiger partial charge in [0.1, 0.15) is 16.5 Å². The minimum atomic E-state index is -0.109. The molecule has 1 aromatic carbocycles. The third-order valence-corrected chi connectivity index (χ3v) is 5.12. The van der Waals surface area contributed by atoms with Gasteiger partial charge < -0.3 is 15.0 Å². The number of amides is 1. The lowest BCUT2D eigenvalue weighted by Gasteiger charge is -2.19.